The van der Waals surface area contributed by atoms with Crippen molar-refractivity contribution in [3.8, 4) is 5.75 Å². The minimum atomic E-state index is -0.400. The van der Waals surface area contributed by atoms with Crippen molar-refractivity contribution in [3.05, 3.63) is 108 Å². The summed E-state index contributed by atoms with van der Waals surface area (Å²) in [5.74, 6) is 0.889. The number of amides is 1. The Labute approximate surface area is 247 Å². The highest BCUT2D eigenvalue weighted by Gasteiger charge is 2.19. The van der Waals surface area contributed by atoms with Crippen molar-refractivity contribution >= 4 is 53.2 Å². The van der Waals surface area contributed by atoms with Gasteiger partial charge in [-0.3, -0.25) is 10.3 Å². The fourth-order valence-corrected chi connectivity index (χ4v) is 4.60. The number of nitrogens with zero attached hydrogens (tertiary/aromatic N) is 1. The first-order chi connectivity index (χ1) is 18.5. The average Bonchev–Trinajstić information content (AvgIpc) is 3.45. The van der Waals surface area contributed by atoms with E-state index >= 15 is 0 Å². The van der Waals surface area contributed by atoms with E-state index in [1.165, 1.54) is 0 Å². The Hall–Kier alpha value is -3.78. The molecule has 7 nitrogen and oxygen atoms in total. The summed E-state index contributed by atoms with van der Waals surface area (Å²) in [6, 6.07) is 29.2. The van der Waals surface area contributed by atoms with Crippen molar-refractivity contribution in [1.29, 1.82) is 5.41 Å². The van der Waals surface area contributed by atoms with Gasteiger partial charge in [-0.2, -0.15) is 0 Å². The van der Waals surface area contributed by atoms with E-state index in [1.807, 2.05) is 91.0 Å². The van der Waals surface area contributed by atoms with Crippen LogP contribution in [-0.4, -0.2) is 37.7 Å². The fraction of sp³-hybridized carbons (Fsp3) is 0.226. The maximum absolute atomic E-state index is 13.2. The van der Waals surface area contributed by atoms with E-state index in [9.17, 15) is 4.79 Å². The van der Waals surface area contributed by atoms with Gasteiger partial charge in [-0.25, -0.2) is 4.79 Å². The number of ether oxygens (including phenoxy) is 2. The first-order valence-electron chi connectivity index (χ1n) is 12.9. The van der Waals surface area contributed by atoms with Gasteiger partial charge < -0.3 is 20.5 Å². The number of fused-ring (bicyclic) bond motifs is 1. The van der Waals surface area contributed by atoms with Gasteiger partial charge in [0, 0.05) is 24.2 Å². The Morgan fingerprint density at radius 2 is 1.65 bits per heavy atom. The van der Waals surface area contributed by atoms with Gasteiger partial charge in [-0.05, 0) is 71.3 Å². The molecule has 0 saturated carbocycles. The van der Waals surface area contributed by atoms with Crippen LogP contribution in [0.25, 0.3) is 10.8 Å². The highest BCUT2D eigenvalue weighted by Crippen LogP contribution is 2.23. The van der Waals surface area contributed by atoms with E-state index in [4.69, 9.17) is 20.6 Å². The molecule has 1 fully saturated rings. The van der Waals surface area contributed by atoms with E-state index in [2.05, 4.69) is 5.32 Å². The molecule has 1 heterocycles. The number of rotatable bonds is 9. The van der Waals surface area contributed by atoms with Gasteiger partial charge in [-0.15, -0.1) is 24.8 Å². The van der Waals surface area contributed by atoms with Crippen LogP contribution in [0.15, 0.2) is 91.0 Å². The second-order valence-corrected chi connectivity index (χ2v) is 9.47. The lowest BCUT2D eigenvalue weighted by molar-refractivity contribution is 0.154. The summed E-state index contributed by atoms with van der Waals surface area (Å²) in [6.45, 7) is 2.50. The van der Waals surface area contributed by atoms with Crippen molar-refractivity contribution in [3.63, 3.8) is 0 Å². The molecule has 1 saturated heterocycles. The molecule has 0 aromatic heterocycles. The molecule has 0 aliphatic carbocycles. The number of amidine groups is 1. The van der Waals surface area contributed by atoms with Gasteiger partial charge in [-0.1, -0.05) is 54.6 Å². The van der Waals surface area contributed by atoms with Gasteiger partial charge in [0.25, 0.3) is 0 Å². The molecule has 5 rings (SSSR count). The molecule has 1 amide bonds. The zero-order chi connectivity index (χ0) is 26.3. The van der Waals surface area contributed by atoms with Crippen LogP contribution in [0.3, 0.4) is 0 Å². The van der Waals surface area contributed by atoms with Gasteiger partial charge in [0.15, 0.2) is 0 Å². The lowest BCUT2D eigenvalue weighted by atomic mass is 10.0. The number of carbonyl (C=O) groups is 1. The molecule has 1 aliphatic rings. The molecule has 1 unspecified atom stereocenters. The number of halogens is 2. The Morgan fingerprint density at radius 3 is 2.35 bits per heavy atom. The van der Waals surface area contributed by atoms with Crippen LogP contribution >= 0.6 is 24.8 Å². The van der Waals surface area contributed by atoms with Crippen LogP contribution in [0, 0.1) is 5.41 Å². The van der Waals surface area contributed by atoms with Crippen LogP contribution in [0.4, 0.5) is 10.5 Å². The first-order valence-corrected chi connectivity index (χ1v) is 12.9. The molecular weight excluding hydrogens is 547 g/mol. The minimum absolute atomic E-state index is 0. The third-order valence-electron chi connectivity index (χ3n) is 6.70. The highest BCUT2D eigenvalue weighted by atomic mass is 35.5. The maximum atomic E-state index is 13.2. The van der Waals surface area contributed by atoms with E-state index in [0.29, 0.717) is 18.5 Å². The molecule has 210 valence electrons. The van der Waals surface area contributed by atoms with Gasteiger partial charge in [0.2, 0.25) is 0 Å². The molecule has 9 heteroatoms. The summed E-state index contributed by atoms with van der Waals surface area (Å²) in [4.78, 5) is 14.9. The number of carbonyl (C=O) groups excluding carboxylic acids is 1. The number of para-hydroxylation sites is 1. The minimum Gasteiger partial charge on any atom is -0.489 e. The third kappa shape index (κ3) is 7.88. The number of nitrogens with one attached hydrogen (secondary N) is 2. The zero-order valence-corrected chi connectivity index (χ0v) is 23.7. The molecular formula is C31H34Cl2N4O3. The molecule has 0 bridgehead atoms. The van der Waals surface area contributed by atoms with Crippen molar-refractivity contribution < 1.29 is 14.3 Å². The second kappa shape index (κ2) is 14.6. The molecule has 4 N–H and O–H groups in total. The Kier molecular flexibility index (Phi) is 11.2. The summed E-state index contributed by atoms with van der Waals surface area (Å²) in [5, 5.41) is 13.0. The smallest absolute Gasteiger partial charge is 0.414 e. The van der Waals surface area contributed by atoms with Crippen LogP contribution in [0.1, 0.15) is 23.1 Å². The quantitative estimate of drug-likeness (QED) is 0.164. The normalized spacial score (nSPS) is 14.1. The number of anilines is 1. The summed E-state index contributed by atoms with van der Waals surface area (Å²) < 4.78 is 11.7. The molecule has 4 aromatic carbocycles. The van der Waals surface area contributed by atoms with Crippen molar-refractivity contribution in [2.24, 2.45) is 5.73 Å². The Bertz CT molecular complexity index is 1410. The molecule has 40 heavy (non-hydrogen) atoms. The number of nitrogen functional groups attached to an aromatic ring is 1. The van der Waals surface area contributed by atoms with Crippen LogP contribution in [0.5, 0.6) is 5.75 Å². The summed E-state index contributed by atoms with van der Waals surface area (Å²) >= 11 is 0. The van der Waals surface area contributed by atoms with Crippen molar-refractivity contribution in [2.75, 3.05) is 24.6 Å². The predicted octanol–water partition coefficient (Wildman–Crippen LogP) is 6.09. The largest absolute Gasteiger partial charge is 0.489 e. The predicted molar refractivity (Wildman–Crippen MR) is 165 cm³/mol. The lowest BCUT2D eigenvalue weighted by Crippen LogP contribution is -2.31. The second-order valence-electron chi connectivity index (χ2n) is 9.47. The summed E-state index contributed by atoms with van der Waals surface area (Å²) in [6.07, 6.45) is 1.46. The highest BCUT2D eigenvalue weighted by molar-refractivity contribution is 5.99. The molecule has 1 atom stereocenters. The molecule has 4 aromatic rings. The monoisotopic (exact) mass is 580 g/mol. The standard InChI is InChI=1S/C31H32N4O3.2ClH/c32-30(33)25-11-10-24-9-6-23(18-26(24)19-25)21-35(27-4-2-1-3-5-27)31(36)37-17-15-22-7-12-28(13-8-22)38-29-14-16-34-20-29;;/h1-13,18-19,29,34H,14-17,20-21H2,(H3,32,33);2*1H. The topological polar surface area (TPSA) is 101 Å². The first kappa shape index (κ1) is 30.8. The molecule has 0 spiro atoms. The van der Waals surface area contributed by atoms with Crippen LogP contribution < -0.4 is 20.7 Å². The van der Waals surface area contributed by atoms with Crippen molar-refractivity contribution in [2.45, 2.75) is 25.5 Å². The molecule has 0 radical (unpaired) electrons. The van der Waals surface area contributed by atoms with Crippen LogP contribution in [0.2, 0.25) is 0 Å². The number of benzene rings is 4. The Balaban J connectivity index is 0.00000220. The number of hydrogen-bond donors (Lipinski definition) is 3. The van der Waals surface area contributed by atoms with Gasteiger partial charge >= 0.3 is 6.09 Å². The average molecular weight is 582 g/mol. The lowest BCUT2D eigenvalue weighted by Gasteiger charge is -2.23. The SMILES string of the molecule is Cl.Cl.N=C(N)c1ccc2ccc(CN(C(=O)OCCc3ccc(OC4CCNC4)cc3)c3ccccc3)cc2c1. The van der Waals surface area contributed by atoms with Crippen LogP contribution in [-0.2, 0) is 17.7 Å². The number of hydrogen-bond acceptors (Lipinski definition) is 5. The van der Waals surface area contributed by atoms with Crippen molar-refractivity contribution in [1.82, 2.24) is 5.32 Å². The summed E-state index contributed by atoms with van der Waals surface area (Å²) in [7, 11) is 0. The zero-order valence-electron chi connectivity index (χ0n) is 22.0. The van der Waals surface area contributed by atoms with E-state index in [-0.39, 0.29) is 43.4 Å². The van der Waals surface area contributed by atoms with E-state index in [0.717, 1.165) is 52.8 Å². The summed E-state index contributed by atoms with van der Waals surface area (Å²) in [5.41, 5.74) is 9.14. The van der Waals surface area contributed by atoms with E-state index < -0.39 is 6.09 Å². The fourth-order valence-electron chi connectivity index (χ4n) is 4.60. The third-order valence-corrected chi connectivity index (χ3v) is 6.70. The van der Waals surface area contributed by atoms with Gasteiger partial charge in [0.05, 0.1) is 13.2 Å². The van der Waals surface area contributed by atoms with E-state index in [1.54, 1.807) is 4.90 Å². The Morgan fingerprint density at radius 1 is 0.925 bits per heavy atom. The maximum Gasteiger partial charge on any atom is 0.414 e. The number of nitrogens with two attached hydrogens (primary N) is 1. The molecule has 1 aliphatic heterocycles. The van der Waals surface area contributed by atoms with Gasteiger partial charge in [0.1, 0.15) is 17.7 Å².